The second-order valence-corrected chi connectivity index (χ2v) is 6.12. The molecule has 0 atom stereocenters. The fourth-order valence-corrected chi connectivity index (χ4v) is 3.03. The van der Waals surface area contributed by atoms with E-state index in [4.69, 9.17) is 5.26 Å². The van der Waals surface area contributed by atoms with Gasteiger partial charge in [0.1, 0.15) is 29.5 Å². The third kappa shape index (κ3) is 3.39. The lowest BCUT2D eigenvalue weighted by Crippen LogP contribution is -2.16. The van der Waals surface area contributed by atoms with Crippen LogP contribution in [0.2, 0.25) is 0 Å². The third-order valence-corrected chi connectivity index (χ3v) is 4.30. The number of nitrogens with zero attached hydrogens (tertiary/aromatic N) is 7. The highest BCUT2D eigenvalue weighted by molar-refractivity contribution is 7.14. The molecular weight excluding hydrogens is 364 g/mol. The molecule has 0 spiro atoms. The van der Waals surface area contributed by atoms with Crippen molar-refractivity contribution in [3.8, 4) is 23.1 Å². The first-order valence-corrected chi connectivity index (χ1v) is 8.54. The van der Waals surface area contributed by atoms with Gasteiger partial charge in [-0.25, -0.2) is 24.9 Å². The Kier molecular flexibility index (Phi) is 4.34. The summed E-state index contributed by atoms with van der Waals surface area (Å²) in [6.07, 6.45) is 7.54. The van der Waals surface area contributed by atoms with Crippen LogP contribution >= 0.6 is 11.3 Å². The number of carbonyl (C=O) groups excluding carboxylic acids is 1. The Balaban J connectivity index is 1.56. The fourth-order valence-electron chi connectivity index (χ4n) is 2.33. The summed E-state index contributed by atoms with van der Waals surface area (Å²) in [6, 6.07) is 7.10. The van der Waals surface area contributed by atoms with Gasteiger partial charge in [-0.15, -0.1) is 11.3 Å². The number of hydrogen-bond donors (Lipinski definition) is 1. The number of nitrogens with one attached hydrogen (secondary N) is 1. The summed E-state index contributed by atoms with van der Waals surface area (Å²) in [5.41, 5.74) is 2.40. The molecule has 0 aliphatic heterocycles. The molecule has 4 rings (SSSR count). The first kappa shape index (κ1) is 16.5. The van der Waals surface area contributed by atoms with Gasteiger partial charge in [0.25, 0.3) is 5.91 Å². The van der Waals surface area contributed by atoms with E-state index >= 15 is 0 Å². The third-order valence-electron chi connectivity index (χ3n) is 3.55. The van der Waals surface area contributed by atoms with E-state index in [-0.39, 0.29) is 5.91 Å². The average Bonchev–Trinajstić information content (AvgIpc) is 3.38. The zero-order valence-corrected chi connectivity index (χ0v) is 14.5. The smallest absolute Gasteiger partial charge is 0.276 e. The quantitative estimate of drug-likeness (QED) is 0.581. The van der Waals surface area contributed by atoms with Crippen LogP contribution in [0.1, 0.15) is 16.2 Å². The van der Waals surface area contributed by atoms with Crippen molar-refractivity contribution in [1.82, 2.24) is 29.5 Å². The molecule has 9 nitrogen and oxygen atoms in total. The Labute approximate surface area is 157 Å². The van der Waals surface area contributed by atoms with Gasteiger partial charge < -0.3 is 0 Å². The van der Waals surface area contributed by atoms with Crippen molar-refractivity contribution in [3.63, 3.8) is 0 Å². The first-order chi connectivity index (χ1) is 13.2. The van der Waals surface area contributed by atoms with Crippen molar-refractivity contribution in [2.75, 3.05) is 5.32 Å². The van der Waals surface area contributed by atoms with E-state index in [1.807, 2.05) is 6.07 Å². The number of amides is 1. The van der Waals surface area contributed by atoms with Crippen LogP contribution in [0.25, 0.3) is 17.1 Å². The summed E-state index contributed by atoms with van der Waals surface area (Å²) in [6.45, 7) is 0. The minimum atomic E-state index is -0.365. The summed E-state index contributed by atoms with van der Waals surface area (Å²) >= 11 is 1.26. The normalized spacial score (nSPS) is 10.3. The maximum Gasteiger partial charge on any atom is 0.276 e. The lowest BCUT2D eigenvalue weighted by Gasteiger charge is -2.06. The molecule has 0 bridgehead atoms. The van der Waals surface area contributed by atoms with Crippen LogP contribution in [0.3, 0.4) is 0 Å². The van der Waals surface area contributed by atoms with E-state index in [0.29, 0.717) is 33.6 Å². The number of hydrogen-bond acceptors (Lipinski definition) is 8. The van der Waals surface area contributed by atoms with E-state index in [1.54, 1.807) is 40.5 Å². The Morgan fingerprint density at radius 1 is 1.11 bits per heavy atom. The van der Waals surface area contributed by atoms with Gasteiger partial charge in [0.05, 0.1) is 36.3 Å². The standard InChI is InChI=1S/C17H10N8OS/c18-4-11-2-1-3-13(22-11)14-8-27-17(23-14)24-16(26)15-7-21-10-25(15)12-5-19-9-20-6-12/h1-3,5-10H,(H,23,24,26). The molecule has 1 amide bonds. The van der Waals surface area contributed by atoms with E-state index in [9.17, 15) is 4.79 Å². The molecule has 27 heavy (non-hydrogen) atoms. The molecule has 4 heterocycles. The predicted octanol–water partition coefficient (Wildman–Crippen LogP) is 2.30. The number of aromatic nitrogens is 6. The number of anilines is 1. The van der Waals surface area contributed by atoms with Crippen molar-refractivity contribution < 1.29 is 4.79 Å². The van der Waals surface area contributed by atoms with Crippen LogP contribution in [0.4, 0.5) is 5.13 Å². The number of pyridine rings is 1. The van der Waals surface area contributed by atoms with Crippen molar-refractivity contribution in [2.24, 2.45) is 0 Å². The number of carbonyl (C=O) groups is 1. The number of imidazole rings is 1. The molecule has 1 N–H and O–H groups in total. The predicted molar refractivity (Wildman–Crippen MR) is 97.2 cm³/mol. The van der Waals surface area contributed by atoms with Gasteiger partial charge in [-0.05, 0) is 12.1 Å². The van der Waals surface area contributed by atoms with Gasteiger partial charge in [-0.1, -0.05) is 6.07 Å². The Morgan fingerprint density at radius 2 is 1.96 bits per heavy atom. The Hall–Kier alpha value is -3.97. The van der Waals surface area contributed by atoms with Crippen LogP contribution < -0.4 is 5.32 Å². The van der Waals surface area contributed by atoms with Crippen LogP contribution in [0.5, 0.6) is 0 Å². The van der Waals surface area contributed by atoms with Gasteiger partial charge in [-0.3, -0.25) is 14.7 Å². The molecule has 0 saturated carbocycles. The van der Waals surface area contributed by atoms with Crippen LogP contribution in [-0.4, -0.2) is 35.4 Å². The Morgan fingerprint density at radius 3 is 2.78 bits per heavy atom. The lowest BCUT2D eigenvalue weighted by atomic mass is 10.2. The summed E-state index contributed by atoms with van der Waals surface area (Å²) in [5, 5.41) is 13.9. The number of thiazole rings is 1. The average molecular weight is 374 g/mol. The van der Waals surface area contributed by atoms with Gasteiger partial charge >= 0.3 is 0 Å². The summed E-state index contributed by atoms with van der Waals surface area (Å²) in [7, 11) is 0. The second kappa shape index (κ2) is 7.11. The SMILES string of the molecule is N#Cc1cccc(-c2csc(NC(=O)c3cncn3-c3cncnc3)n2)n1. The van der Waals surface area contributed by atoms with E-state index in [2.05, 4.69) is 30.2 Å². The van der Waals surface area contributed by atoms with Crippen LogP contribution in [0.15, 0.2) is 54.8 Å². The molecule has 4 aromatic rings. The van der Waals surface area contributed by atoms with Crippen LogP contribution in [0, 0.1) is 11.3 Å². The lowest BCUT2D eigenvalue weighted by molar-refractivity contribution is 0.102. The molecule has 0 aliphatic carbocycles. The number of nitriles is 1. The maximum absolute atomic E-state index is 12.6. The first-order valence-electron chi connectivity index (χ1n) is 7.67. The molecule has 0 radical (unpaired) electrons. The van der Waals surface area contributed by atoms with Crippen LogP contribution in [-0.2, 0) is 0 Å². The van der Waals surface area contributed by atoms with Crippen molar-refractivity contribution >= 4 is 22.4 Å². The maximum atomic E-state index is 12.6. The molecule has 0 aromatic carbocycles. The molecular formula is C17H10N8OS. The number of rotatable bonds is 4. The van der Waals surface area contributed by atoms with E-state index in [1.165, 1.54) is 30.2 Å². The summed E-state index contributed by atoms with van der Waals surface area (Å²) in [4.78, 5) is 33.1. The second-order valence-electron chi connectivity index (χ2n) is 5.26. The van der Waals surface area contributed by atoms with Crippen molar-refractivity contribution in [3.05, 3.63) is 66.2 Å². The van der Waals surface area contributed by atoms with Gasteiger partial charge in [0.2, 0.25) is 0 Å². The molecule has 0 saturated heterocycles. The summed E-state index contributed by atoms with van der Waals surface area (Å²) in [5.74, 6) is -0.365. The summed E-state index contributed by atoms with van der Waals surface area (Å²) < 4.78 is 1.59. The molecule has 130 valence electrons. The highest BCUT2D eigenvalue weighted by Gasteiger charge is 2.16. The minimum absolute atomic E-state index is 0.306. The largest absolute Gasteiger partial charge is 0.296 e. The molecule has 4 aromatic heterocycles. The zero-order valence-electron chi connectivity index (χ0n) is 13.6. The van der Waals surface area contributed by atoms with E-state index < -0.39 is 0 Å². The van der Waals surface area contributed by atoms with Gasteiger partial charge in [0.15, 0.2) is 5.13 Å². The minimum Gasteiger partial charge on any atom is -0.296 e. The van der Waals surface area contributed by atoms with Gasteiger partial charge in [0, 0.05) is 5.38 Å². The Bertz CT molecular complexity index is 1140. The topological polar surface area (TPSA) is 122 Å². The molecule has 0 fully saturated rings. The molecule has 0 unspecified atom stereocenters. The fraction of sp³-hybridized carbons (Fsp3) is 0. The van der Waals surface area contributed by atoms with Crippen molar-refractivity contribution in [2.45, 2.75) is 0 Å². The molecule has 10 heteroatoms. The highest BCUT2D eigenvalue weighted by Crippen LogP contribution is 2.24. The van der Waals surface area contributed by atoms with Crippen molar-refractivity contribution in [1.29, 1.82) is 5.26 Å². The molecule has 0 aliphatic rings. The van der Waals surface area contributed by atoms with E-state index in [0.717, 1.165) is 0 Å². The monoisotopic (exact) mass is 374 g/mol. The highest BCUT2D eigenvalue weighted by atomic mass is 32.1. The van der Waals surface area contributed by atoms with Gasteiger partial charge in [-0.2, -0.15) is 5.26 Å². The zero-order chi connectivity index (χ0) is 18.6.